The lowest BCUT2D eigenvalue weighted by Crippen LogP contribution is -2.56. The number of carbonyl (C=O) groups is 1. The maximum Gasteiger partial charge on any atom is 0.244 e. The van der Waals surface area contributed by atoms with E-state index in [4.69, 9.17) is 5.73 Å². The van der Waals surface area contributed by atoms with Gasteiger partial charge in [-0.05, 0) is 38.3 Å². The van der Waals surface area contributed by atoms with Crippen LogP contribution in [0.1, 0.15) is 25.0 Å². The van der Waals surface area contributed by atoms with Crippen molar-refractivity contribution >= 4 is 22.5 Å². The SMILES string of the molecule is Cc1ccc2cccc(NC(=O)C3(N)CCC3)c2n1. The minimum absolute atomic E-state index is 0.102. The first-order valence-corrected chi connectivity index (χ1v) is 6.55. The first-order chi connectivity index (χ1) is 9.08. The number of nitrogens with one attached hydrogen (secondary N) is 1. The Morgan fingerprint density at radius 3 is 2.79 bits per heavy atom. The number of benzene rings is 1. The molecule has 0 bridgehead atoms. The Kier molecular flexibility index (Phi) is 2.75. The number of hydrogen-bond donors (Lipinski definition) is 2. The van der Waals surface area contributed by atoms with Gasteiger partial charge >= 0.3 is 0 Å². The maximum atomic E-state index is 12.2. The molecule has 4 nitrogen and oxygen atoms in total. The number of aryl methyl sites for hydroxylation is 1. The first kappa shape index (κ1) is 12.1. The van der Waals surface area contributed by atoms with Gasteiger partial charge in [-0.25, -0.2) is 0 Å². The van der Waals surface area contributed by atoms with Gasteiger partial charge in [0.25, 0.3) is 0 Å². The second-order valence-corrected chi connectivity index (χ2v) is 5.29. The van der Waals surface area contributed by atoms with E-state index in [0.29, 0.717) is 0 Å². The highest BCUT2D eigenvalue weighted by atomic mass is 16.2. The van der Waals surface area contributed by atoms with Gasteiger partial charge in [0.1, 0.15) is 0 Å². The van der Waals surface area contributed by atoms with E-state index in [1.165, 1.54) is 0 Å². The minimum atomic E-state index is -0.689. The van der Waals surface area contributed by atoms with Gasteiger partial charge in [0.15, 0.2) is 0 Å². The molecule has 1 aliphatic rings. The summed E-state index contributed by atoms with van der Waals surface area (Å²) in [5.74, 6) is -0.102. The molecule has 0 radical (unpaired) electrons. The molecule has 0 unspecified atom stereocenters. The van der Waals surface area contributed by atoms with E-state index in [1.54, 1.807) is 0 Å². The van der Waals surface area contributed by atoms with Crippen molar-refractivity contribution in [2.24, 2.45) is 5.73 Å². The second-order valence-electron chi connectivity index (χ2n) is 5.29. The van der Waals surface area contributed by atoms with Crippen molar-refractivity contribution in [3.63, 3.8) is 0 Å². The zero-order chi connectivity index (χ0) is 13.5. The Morgan fingerprint density at radius 1 is 1.32 bits per heavy atom. The third kappa shape index (κ3) is 2.08. The Balaban J connectivity index is 1.96. The molecule has 3 rings (SSSR count). The molecular formula is C15H17N3O. The van der Waals surface area contributed by atoms with Crippen molar-refractivity contribution in [1.29, 1.82) is 0 Å². The smallest absolute Gasteiger partial charge is 0.244 e. The van der Waals surface area contributed by atoms with Crippen molar-refractivity contribution < 1.29 is 4.79 Å². The summed E-state index contributed by atoms with van der Waals surface area (Å²) in [6.45, 7) is 1.94. The van der Waals surface area contributed by atoms with E-state index in [1.807, 2.05) is 37.3 Å². The van der Waals surface area contributed by atoms with Crippen LogP contribution in [-0.4, -0.2) is 16.4 Å². The zero-order valence-electron chi connectivity index (χ0n) is 10.9. The molecule has 1 aromatic heterocycles. The van der Waals surface area contributed by atoms with E-state index in [-0.39, 0.29) is 5.91 Å². The molecule has 3 N–H and O–H groups in total. The number of hydrogen-bond acceptors (Lipinski definition) is 3. The quantitative estimate of drug-likeness (QED) is 0.865. The highest BCUT2D eigenvalue weighted by molar-refractivity contribution is 6.04. The number of para-hydroxylation sites is 1. The van der Waals surface area contributed by atoms with Crippen molar-refractivity contribution in [3.8, 4) is 0 Å². The molecular weight excluding hydrogens is 238 g/mol. The van der Waals surface area contributed by atoms with Crippen LogP contribution < -0.4 is 11.1 Å². The zero-order valence-corrected chi connectivity index (χ0v) is 10.9. The first-order valence-electron chi connectivity index (χ1n) is 6.55. The molecule has 0 atom stereocenters. The van der Waals surface area contributed by atoms with Crippen molar-refractivity contribution in [2.45, 2.75) is 31.7 Å². The summed E-state index contributed by atoms with van der Waals surface area (Å²) in [5.41, 5.74) is 7.84. The second kappa shape index (κ2) is 4.31. The summed E-state index contributed by atoms with van der Waals surface area (Å²) in [4.78, 5) is 16.7. The summed E-state index contributed by atoms with van der Waals surface area (Å²) in [6.07, 6.45) is 2.54. The van der Waals surface area contributed by atoms with Crippen LogP contribution in [0.5, 0.6) is 0 Å². The van der Waals surface area contributed by atoms with Crippen LogP contribution in [0.3, 0.4) is 0 Å². The molecule has 1 fully saturated rings. The number of carbonyl (C=O) groups excluding carboxylic acids is 1. The molecule has 1 heterocycles. The number of nitrogens with zero attached hydrogens (tertiary/aromatic N) is 1. The number of nitrogens with two attached hydrogens (primary N) is 1. The Bertz CT molecular complexity index is 647. The van der Waals surface area contributed by atoms with Crippen LogP contribution in [0.2, 0.25) is 0 Å². The highest BCUT2D eigenvalue weighted by Gasteiger charge is 2.40. The van der Waals surface area contributed by atoms with Crippen molar-refractivity contribution in [2.75, 3.05) is 5.32 Å². The molecule has 2 aromatic rings. The van der Waals surface area contributed by atoms with E-state index in [2.05, 4.69) is 10.3 Å². The minimum Gasteiger partial charge on any atom is -0.323 e. The molecule has 1 saturated carbocycles. The van der Waals surface area contributed by atoms with Gasteiger partial charge in [0.2, 0.25) is 5.91 Å². The molecule has 0 saturated heterocycles. The number of fused-ring (bicyclic) bond motifs is 1. The van der Waals surface area contributed by atoms with Gasteiger partial charge in [-0.2, -0.15) is 0 Å². The van der Waals surface area contributed by atoms with E-state index in [9.17, 15) is 4.79 Å². The molecule has 4 heteroatoms. The number of rotatable bonds is 2. The predicted molar refractivity (Wildman–Crippen MR) is 75.9 cm³/mol. The molecule has 98 valence electrons. The van der Waals surface area contributed by atoms with E-state index in [0.717, 1.165) is 41.5 Å². The van der Waals surface area contributed by atoms with Gasteiger partial charge in [-0.1, -0.05) is 18.2 Å². The summed E-state index contributed by atoms with van der Waals surface area (Å²) in [5, 5.41) is 3.94. The van der Waals surface area contributed by atoms with Crippen LogP contribution >= 0.6 is 0 Å². The number of amides is 1. The Morgan fingerprint density at radius 2 is 2.11 bits per heavy atom. The molecule has 0 aliphatic heterocycles. The van der Waals surface area contributed by atoms with Crippen LogP contribution in [0.25, 0.3) is 10.9 Å². The third-order valence-electron chi connectivity index (χ3n) is 3.81. The molecule has 1 aliphatic carbocycles. The fraction of sp³-hybridized carbons (Fsp3) is 0.333. The number of aromatic nitrogens is 1. The van der Waals surface area contributed by atoms with Gasteiger partial charge in [0.05, 0.1) is 16.7 Å². The predicted octanol–water partition coefficient (Wildman–Crippen LogP) is 2.36. The summed E-state index contributed by atoms with van der Waals surface area (Å²) in [7, 11) is 0. The summed E-state index contributed by atoms with van der Waals surface area (Å²) >= 11 is 0. The largest absolute Gasteiger partial charge is 0.323 e. The Labute approximate surface area is 112 Å². The van der Waals surface area contributed by atoms with Crippen LogP contribution in [0, 0.1) is 6.92 Å². The van der Waals surface area contributed by atoms with Gasteiger partial charge in [0, 0.05) is 11.1 Å². The lowest BCUT2D eigenvalue weighted by molar-refractivity contribution is -0.123. The van der Waals surface area contributed by atoms with Crippen molar-refractivity contribution in [3.05, 3.63) is 36.0 Å². The average Bonchev–Trinajstić information content (AvgIpc) is 2.36. The van der Waals surface area contributed by atoms with Crippen molar-refractivity contribution in [1.82, 2.24) is 4.98 Å². The number of anilines is 1. The summed E-state index contributed by atoms with van der Waals surface area (Å²) < 4.78 is 0. The monoisotopic (exact) mass is 255 g/mol. The lowest BCUT2D eigenvalue weighted by Gasteiger charge is -2.36. The molecule has 1 aromatic carbocycles. The van der Waals surface area contributed by atoms with E-state index >= 15 is 0 Å². The molecule has 0 spiro atoms. The standard InChI is InChI=1S/C15H17N3O/c1-10-6-7-11-4-2-5-12(13(11)17-10)18-14(19)15(16)8-3-9-15/h2,4-7H,3,8-9,16H2,1H3,(H,18,19). The highest BCUT2D eigenvalue weighted by Crippen LogP contribution is 2.31. The fourth-order valence-corrected chi connectivity index (χ4v) is 2.38. The summed E-state index contributed by atoms with van der Waals surface area (Å²) in [6, 6.07) is 9.74. The Hall–Kier alpha value is -1.94. The average molecular weight is 255 g/mol. The number of pyridine rings is 1. The van der Waals surface area contributed by atoms with Crippen LogP contribution in [0.15, 0.2) is 30.3 Å². The molecule has 19 heavy (non-hydrogen) atoms. The van der Waals surface area contributed by atoms with Gasteiger partial charge in [-0.15, -0.1) is 0 Å². The van der Waals surface area contributed by atoms with Gasteiger partial charge < -0.3 is 11.1 Å². The normalized spacial score (nSPS) is 16.9. The molecule has 1 amide bonds. The van der Waals surface area contributed by atoms with Crippen LogP contribution in [0.4, 0.5) is 5.69 Å². The topological polar surface area (TPSA) is 68.0 Å². The van der Waals surface area contributed by atoms with E-state index < -0.39 is 5.54 Å². The maximum absolute atomic E-state index is 12.2. The fourth-order valence-electron chi connectivity index (χ4n) is 2.38. The third-order valence-corrected chi connectivity index (χ3v) is 3.81. The lowest BCUT2D eigenvalue weighted by atomic mass is 9.77. The van der Waals surface area contributed by atoms with Crippen LogP contribution in [-0.2, 0) is 4.79 Å². The van der Waals surface area contributed by atoms with Gasteiger partial charge in [-0.3, -0.25) is 9.78 Å².